The van der Waals surface area contributed by atoms with Gasteiger partial charge in [0.25, 0.3) is 0 Å². The van der Waals surface area contributed by atoms with Gasteiger partial charge in [-0.25, -0.2) is 0 Å². The molecule has 0 bridgehead atoms. The Hall–Kier alpha value is -0.770. The molecular formula is C12H22ClN3O. The van der Waals surface area contributed by atoms with E-state index in [9.17, 15) is 0 Å². The van der Waals surface area contributed by atoms with Crippen molar-refractivity contribution in [1.82, 2.24) is 10.2 Å². The van der Waals surface area contributed by atoms with Crippen LogP contribution in [-0.4, -0.2) is 22.8 Å². The van der Waals surface area contributed by atoms with E-state index in [2.05, 4.69) is 42.8 Å². The van der Waals surface area contributed by atoms with E-state index in [1.54, 1.807) is 0 Å². The summed E-state index contributed by atoms with van der Waals surface area (Å²) >= 11 is 5.68. The van der Waals surface area contributed by atoms with E-state index in [1.807, 2.05) is 0 Å². The van der Waals surface area contributed by atoms with Crippen LogP contribution in [0.4, 0.5) is 6.01 Å². The normalized spacial score (nSPS) is 11.5. The van der Waals surface area contributed by atoms with Gasteiger partial charge in [0.05, 0.1) is 0 Å². The van der Waals surface area contributed by atoms with Gasteiger partial charge >= 0.3 is 6.01 Å². The van der Waals surface area contributed by atoms with Crippen molar-refractivity contribution in [3.63, 3.8) is 0 Å². The highest BCUT2D eigenvalue weighted by Crippen LogP contribution is 2.21. The molecule has 0 saturated carbocycles. The zero-order chi connectivity index (χ0) is 12.8. The minimum absolute atomic E-state index is 0.269. The van der Waals surface area contributed by atoms with Crippen molar-refractivity contribution in [3.8, 4) is 0 Å². The highest BCUT2D eigenvalue weighted by Gasteiger charge is 2.21. The van der Waals surface area contributed by atoms with Crippen LogP contribution in [0.5, 0.6) is 0 Å². The first-order valence-electron chi connectivity index (χ1n) is 6.27. The number of nitrogens with zero attached hydrogens (tertiary/aromatic N) is 3. The average Bonchev–Trinajstić information content (AvgIpc) is 2.77. The highest BCUT2D eigenvalue weighted by molar-refractivity contribution is 6.16. The first-order chi connectivity index (χ1) is 8.12. The van der Waals surface area contributed by atoms with Crippen LogP contribution in [-0.2, 0) is 5.88 Å². The van der Waals surface area contributed by atoms with Crippen LogP contribution in [0.15, 0.2) is 4.42 Å². The Kier molecular flexibility index (Phi) is 5.75. The smallest absolute Gasteiger partial charge is 0.318 e. The molecule has 0 radical (unpaired) electrons. The SMILES string of the molecule is CCC(CC)N(CC(C)C)c1nnc(CCl)o1. The topological polar surface area (TPSA) is 42.2 Å². The maximum atomic E-state index is 5.68. The molecule has 0 aliphatic heterocycles. The fraction of sp³-hybridized carbons (Fsp3) is 0.833. The number of alkyl halides is 1. The highest BCUT2D eigenvalue weighted by atomic mass is 35.5. The average molecular weight is 260 g/mol. The van der Waals surface area contributed by atoms with Gasteiger partial charge in [0, 0.05) is 12.6 Å². The van der Waals surface area contributed by atoms with Crippen molar-refractivity contribution in [2.75, 3.05) is 11.4 Å². The fourth-order valence-corrected chi connectivity index (χ4v) is 2.03. The third kappa shape index (κ3) is 3.87. The zero-order valence-electron chi connectivity index (χ0n) is 11.1. The molecule has 5 heteroatoms. The quantitative estimate of drug-likeness (QED) is 0.704. The van der Waals surface area contributed by atoms with Crippen LogP contribution < -0.4 is 4.90 Å². The van der Waals surface area contributed by atoms with E-state index in [0.717, 1.165) is 19.4 Å². The minimum atomic E-state index is 0.269. The van der Waals surface area contributed by atoms with Gasteiger partial charge in [-0.15, -0.1) is 16.7 Å². The van der Waals surface area contributed by atoms with Gasteiger partial charge in [-0.3, -0.25) is 0 Å². The Morgan fingerprint density at radius 1 is 1.24 bits per heavy atom. The van der Waals surface area contributed by atoms with E-state index in [0.29, 0.717) is 23.9 Å². The van der Waals surface area contributed by atoms with Crippen LogP contribution >= 0.6 is 11.6 Å². The maximum absolute atomic E-state index is 5.68. The van der Waals surface area contributed by atoms with Crippen LogP contribution in [0.25, 0.3) is 0 Å². The van der Waals surface area contributed by atoms with Gasteiger partial charge in [-0.1, -0.05) is 32.8 Å². The van der Waals surface area contributed by atoms with Crippen molar-refractivity contribution in [2.45, 2.75) is 52.5 Å². The largest absolute Gasteiger partial charge is 0.407 e. The summed E-state index contributed by atoms with van der Waals surface area (Å²) < 4.78 is 5.55. The van der Waals surface area contributed by atoms with Crippen molar-refractivity contribution >= 4 is 17.6 Å². The van der Waals surface area contributed by atoms with Crippen molar-refractivity contribution < 1.29 is 4.42 Å². The Balaban J connectivity index is 2.88. The minimum Gasteiger partial charge on any atom is -0.407 e. The van der Waals surface area contributed by atoms with Gasteiger partial charge in [0.15, 0.2) is 0 Å². The maximum Gasteiger partial charge on any atom is 0.318 e. The molecule has 0 fully saturated rings. The summed E-state index contributed by atoms with van der Waals surface area (Å²) in [7, 11) is 0. The Labute approximate surface area is 108 Å². The lowest BCUT2D eigenvalue weighted by molar-refractivity contribution is 0.436. The summed E-state index contributed by atoms with van der Waals surface area (Å²) in [5.41, 5.74) is 0. The van der Waals surface area contributed by atoms with Crippen molar-refractivity contribution in [2.24, 2.45) is 5.92 Å². The summed E-state index contributed by atoms with van der Waals surface area (Å²) in [6.07, 6.45) is 2.14. The summed E-state index contributed by atoms with van der Waals surface area (Å²) in [6.45, 7) is 9.67. The van der Waals surface area contributed by atoms with Crippen LogP contribution in [0, 0.1) is 5.92 Å². The molecular weight excluding hydrogens is 238 g/mol. The molecule has 0 saturated heterocycles. The number of halogens is 1. The Bertz CT molecular complexity index is 323. The molecule has 1 rings (SSSR count). The molecule has 1 heterocycles. The Morgan fingerprint density at radius 2 is 1.88 bits per heavy atom. The molecule has 0 spiro atoms. The summed E-state index contributed by atoms with van der Waals surface area (Å²) in [5, 5.41) is 8.01. The lowest BCUT2D eigenvalue weighted by atomic mass is 10.1. The standard InChI is InChI=1S/C12H22ClN3O/c1-5-10(6-2)16(8-9(3)4)12-15-14-11(7-13)17-12/h9-10H,5-8H2,1-4H3. The molecule has 0 unspecified atom stereocenters. The van der Waals surface area contributed by atoms with Gasteiger partial charge in [-0.05, 0) is 18.8 Å². The predicted octanol–water partition coefficient (Wildman–Crippen LogP) is 3.46. The summed E-state index contributed by atoms with van der Waals surface area (Å²) in [5.74, 6) is 1.31. The van der Waals surface area contributed by atoms with E-state index in [4.69, 9.17) is 16.0 Å². The molecule has 0 N–H and O–H groups in total. The summed E-state index contributed by atoms with van der Waals surface area (Å²) in [6, 6.07) is 1.05. The zero-order valence-corrected chi connectivity index (χ0v) is 11.9. The molecule has 0 atom stereocenters. The third-order valence-electron chi connectivity index (χ3n) is 2.76. The molecule has 4 nitrogen and oxygen atoms in total. The number of rotatable bonds is 7. The second kappa shape index (κ2) is 6.84. The van der Waals surface area contributed by atoms with Gasteiger partial charge in [0.1, 0.15) is 5.88 Å². The second-order valence-corrected chi connectivity index (χ2v) is 4.90. The molecule has 98 valence electrons. The molecule has 0 aliphatic carbocycles. The molecule has 17 heavy (non-hydrogen) atoms. The lowest BCUT2D eigenvalue weighted by Gasteiger charge is -2.30. The number of hydrogen-bond donors (Lipinski definition) is 0. The van der Waals surface area contributed by atoms with Crippen molar-refractivity contribution in [3.05, 3.63) is 5.89 Å². The fourth-order valence-electron chi connectivity index (χ4n) is 1.92. The predicted molar refractivity (Wildman–Crippen MR) is 70.4 cm³/mol. The van der Waals surface area contributed by atoms with E-state index in [-0.39, 0.29) is 5.88 Å². The van der Waals surface area contributed by atoms with Gasteiger partial charge in [-0.2, -0.15) is 0 Å². The van der Waals surface area contributed by atoms with E-state index < -0.39 is 0 Å². The number of hydrogen-bond acceptors (Lipinski definition) is 4. The van der Waals surface area contributed by atoms with Crippen LogP contribution in [0.1, 0.15) is 46.4 Å². The monoisotopic (exact) mass is 259 g/mol. The van der Waals surface area contributed by atoms with Crippen molar-refractivity contribution in [1.29, 1.82) is 0 Å². The van der Waals surface area contributed by atoms with Crippen LogP contribution in [0.3, 0.4) is 0 Å². The van der Waals surface area contributed by atoms with E-state index in [1.165, 1.54) is 0 Å². The first kappa shape index (κ1) is 14.3. The third-order valence-corrected chi connectivity index (χ3v) is 2.99. The van der Waals surface area contributed by atoms with Gasteiger partial charge < -0.3 is 9.32 Å². The number of aromatic nitrogens is 2. The number of anilines is 1. The second-order valence-electron chi connectivity index (χ2n) is 4.63. The Morgan fingerprint density at radius 3 is 2.29 bits per heavy atom. The molecule has 1 aromatic heterocycles. The summed E-state index contributed by atoms with van der Waals surface area (Å²) in [4.78, 5) is 2.20. The molecule has 0 amide bonds. The molecule has 0 aliphatic rings. The first-order valence-corrected chi connectivity index (χ1v) is 6.80. The molecule has 0 aromatic carbocycles. The van der Waals surface area contributed by atoms with E-state index >= 15 is 0 Å². The lowest BCUT2D eigenvalue weighted by Crippen LogP contribution is -2.37. The molecule has 1 aromatic rings. The van der Waals surface area contributed by atoms with Gasteiger partial charge in [0.2, 0.25) is 5.89 Å². The van der Waals surface area contributed by atoms with Crippen LogP contribution in [0.2, 0.25) is 0 Å².